The van der Waals surface area contributed by atoms with Crippen molar-refractivity contribution in [3.05, 3.63) is 64.7 Å². The number of alkyl halides is 2. The average molecular weight is 397 g/mol. The first-order valence-corrected chi connectivity index (χ1v) is 8.97. The predicted octanol–water partition coefficient (Wildman–Crippen LogP) is 5.46. The molecule has 2 amide bonds. The fraction of sp³-hybridized carbons (Fsp3) is 0.222. The maximum atomic E-state index is 12.6. The molecule has 1 heterocycles. The lowest BCUT2D eigenvalue weighted by Gasteiger charge is -2.22. The van der Waals surface area contributed by atoms with Gasteiger partial charge in [-0.15, -0.1) is 23.2 Å². The van der Waals surface area contributed by atoms with Crippen LogP contribution >= 0.6 is 34.8 Å². The molecule has 7 heteroatoms. The lowest BCUT2D eigenvalue weighted by atomic mass is 10.0. The van der Waals surface area contributed by atoms with Crippen LogP contribution in [0.15, 0.2) is 53.6 Å². The standard InChI is InChI=1S/C18H16Cl3N3O/c1-11-2-4-12(5-3-11)15-10-16(17(20)21)24(23-15)18(25)22-14-8-6-13(19)7-9-14/h2-9,16-17H,10H2,1H3,(H,22,25). The van der Waals surface area contributed by atoms with E-state index in [1.54, 1.807) is 24.3 Å². The molecule has 2 aromatic carbocycles. The number of urea groups is 1. The number of hydrogen-bond acceptors (Lipinski definition) is 2. The number of nitrogens with one attached hydrogen (secondary N) is 1. The van der Waals surface area contributed by atoms with Gasteiger partial charge in [0.1, 0.15) is 4.84 Å². The third-order valence-corrected chi connectivity index (χ3v) is 4.76. The maximum Gasteiger partial charge on any atom is 0.342 e. The Hall–Kier alpha value is -1.75. The van der Waals surface area contributed by atoms with Crippen molar-refractivity contribution in [3.8, 4) is 0 Å². The minimum absolute atomic E-state index is 0.388. The van der Waals surface area contributed by atoms with E-state index in [4.69, 9.17) is 34.8 Å². The van der Waals surface area contributed by atoms with Crippen LogP contribution in [0.3, 0.4) is 0 Å². The van der Waals surface area contributed by atoms with Crippen LogP contribution < -0.4 is 5.32 Å². The first-order chi connectivity index (χ1) is 11.9. The Balaban J connectivity index is 1.82. The molecule has 1 aliphatic heterocycles. The summed E-state index contributed by atoms with van der Waals surface area (Å²) in [6.07, 6.45) is 0.495. The molecule has 0 aliphatic carbocycles. The van der Waals surface area contributed by atoms with Crippen LogP contribution in [-0.2, 0) is 0 Å². The van der Waals surface area contributed by atoms with E-state index in [2.05, 4.69) is 10.4 Å². The van der Waals surface area contributed by atoms with Gasteiger partial charge >= 0.3 is 6.03 Å². The van der Waals surface area contributed by atoms with Gasteiger partial charge in [0, 0.05) is 17.1 Å². The van der Waals surface area contributed by atoms with Crippen LogP contribution in [0.1, 0.15) is 17.5 Å². The van der Waals surface area contributed by atoms with Crippen molar-refractivity contribution in [2.24, 2.45) is 5.10 Å². The number of halogens is 3. The number of carbonyl (C=O) groups is 1. The van der Waals surface area contributed by atoms with Gasteiger partial charge in [-0.2, -0.15) is 5.10 Å². The van der Waals surface area contributed by atoms with Crippen LogP contribution in [0.5, 0.6) is 0 Å². The van der Waals surface area contributed by atoms with Crippen LogP contribution in [0.4, 0.5) is 10.5 Å². The van der Waals surface area contributed by atoms with Gasteiger partial charge in [-0.1, -0.05) is 41.4 Å². The fourth-order valence-electron chi connectivity index (χ4n) is 2.56. The number of hydrazone groups is 1. The SMILES string of the molecule is Cc1ccc(C2=NN(C(=O)Nc3ccc(Cl)cc3)C(C(Cl)Cl)C2)cc1. The van der Waals surface area contributed by atoms with E-state index < -0.39 is 10.9 Å². The van der Waals surface area contributed by atoms with Crippen LogP contribution in [0, 0.1) is 6.92 Å². The molecule has 0 spiro atoms. The Labute approximate surface area is 161 Å². The summed E-state index contributed by atoms with van der Waals surface area (Å²) in [6.45, 7) is 2.02. The Bertz CT molecular complexity index is 788. The van der Waals surface area contributed by atoms with Gasteiger partial charge in [-0.25, -0.2) is 9.80 Å². The summed E-state index contributed by atoms with van der Waals surface area (Å²) in [5.74, 6) is 0. The van der Waals surface area contributed by atoms with E-state index in [-0.39, 0.29) is 6.03 Å². The second-order valence-electron chi connectivity index (χ2n) is 5.80. The summed E-state index contributed by atoms with van der Waals surface area (Å²) in [6, 6.07) is 14.0. The van der Waals surface area contributed by atoms with Crippen molar-refractivity contribution in [2.75, 3.05) is 5.32 Å². The molecule has 0 bridgehead atoms. The lowest BCUT2D eigenvalue weighted by Crippen LogP contribution is -2.39. The zero-order chi connectivity index (χ0) is 18.0. The third kappa shape index (κ3) is 4.27. The Morgan fingerprint density at radius 1 is 1.16 bits per heavy atom. The summed E-state index contributed by atoms with van der Waals surface area (Å²) in [7, 11) is 0. The minimum atomic E-state index is -0.748. The smallest absolute Gasteiger partial charge is 0.306 e. The number of nitrogens with zero attached hydrogens (tertiary/aromatic N) is 2. The van der Waals surface area contributed by atoms with Crippen molar-refractivity contribution in [1.29, 1.82) is 0 Å². The molecular weight excluding hydrogens is 381 g/mol. The minimum Gasteiger partial charge on any atom is -0.306 e. The molecule has 1 unspecified atom stereocenters. The summed E-state index contributed by atoms with van der Waals surface area (Å²) < 4.78 is 0. The highest BCUT2D eigenvalue weighted by atomic mass is 35.5. The molecule has 0 aromatic heterocycles. The number of rotatable bonds is 3. The summed E-state index contributed by atoms with van der Waals surface area (Å²) in [5, 5.41) is 9.14. The van der Waals surface area contributed by atoms with Crippen LogP contribution in [0.25, 0.3) is 0 Å². The molecule has 0 saturated heterocycles. The molecule has 2 aromatic rings. The van der Waals surface area contributed by atoms with Crippen molar-refractivity contribution >= 4 is 52.2 Å². The van der Waals surface area contributed by atoms with E-state index >= 15 is 0 Å². The van der Waals surface area contributed by atoms with Gasteiger partial charge in [0.15, 0.2) is 0 Å². The molecule has 130 valence electrons. The zero-order valence-corrected chi connectivity index (χ0v) is 15.7. The second kappa shape index (κ2) is 7.65. The van der Waals surface area contributed by atoms with E-state index in [1.807, 2.05) is 31.2 Å². The second-order valence-corrected chi connectivity index (χ2v) is 7.40. The van der Waals surface area contributed by atoms with Crippen molar-refractivity contribution in [3.63, 3.8) is 0 Å². The third-order valence-electron chi connectivity index (χ3n) is 3.92. The molecule has 0 fully saturated rings. The van der Waals surface area contributed by atoms with Gasteiger partial charge in [0.2, 0.25) is 0 Å². The Morgan fingerprint density at radius 2 is 1.80 bits per heavy atom. The van der Waals surface area contributed by atoms with Crippen molar-refractivity contribution in [1.82, 2.24) is 5.01 Å². The molecule has 25 heavy (non-hydrogen) atoms. The zero-order valence-electron chi connectivity index (χ0n) is 13.4. The van der Waals surface area contributed by atoms with Crippen LogP contribution in [-0.4, -0.2) is 27.6 Å². The van der Waals surface area contributed by atoms with E-state index in [0.717, 1.165) is 16.8 Å². The van der Waals surface area contributed by atoms with Gasteiger partial charge < -0.3 is 5.32 Å². The van der Waals surface area contributed by atoms with E-state index in [9.17, 15) is 4.79 Å². The topological polar surface area (TPSA) is 44.7 Å². The van der Waals surface area contributed by atoms with Crippen molar-refractivity contribution < 1.29 is 4.79 Å². The highest BCUT2D eigenvalue weighted by molar-refractivity contribution is 6.45. The molecule has 0 radical (unpaired) electrons. The molecule has 4 nitrogen and oxygen atoms in total. The predicted molar refractivity (Wildman–Crippen MR) is 104 cm³/mol. The number of hydrogen-bond donors (Lipinski definition) is 1. The summed E-state index contributed by atoms with van der Waals surface area (Å²) in [4.78, 5) is 11.9. The molecule has 3 rings (SSSR count). The fourth-order valence-corrected chi connectivity index (χ4v) is 3.07. The lowest BCUT2D eigenvalue weighted by molar-refractivity contribution is 0.202. The van der Waals surface area contributed by atoms with E-state index in [0.29, 0.717) is 17.1 Å². The van der Waals surface area contributed by atoms with Gasteiger partial charge in [-0.3, -0.25) is 0 Å². The van der Waals surface area contributed by atoms with Crippen molar-refractivity contribution in [2.45, 2.75) is 24.2 Å². The van der Waals surface area contributed by atoms with Gasteiger partial charge in [-0.05, 0) is 36.8 Å². The molecule has 0 saturated carbocycles. The normalized spacial score (nSPS) is 16.9. The highest BCUT2D eigenvalue weighted by Crippen LogP contribution is 2.28. The maximum absolute atomic E-state index is 12.6. The number of benzene rings is 2. The molecule has 1 atom stereocenters. The Kier molecular flexibility index (Phi) is 5.52. The van der Waals surface area contributed by atoms with Gasteiger partial charge in [0.25, 0.3) is 0 Å². The molecule has 1 aliphatic rings. The number of anilines is 1. The monoisotopic (exact) mass is 395 g/mol. The highest BCUT2D eigenvalue weighted by Gasteiger charge is 2.36. The molecule has 1 N–H and O–H groups in total. The average Bonchev–Trinajstić information content (AvgIpc) is 3.03. The number of aryl methyl sites for hydroxylation is 1. The summed E-state index contributed by atoms with van der Waals surface area (Å²) >= 11 is 18.0. The number of amides is 2. The van der Waals surface area contributed by atoms with E-state index in [1.165, 1.54) is 5.01 Å². The summed E-state index contributed by atoms with van der Waals surface area (Å²) in [5.41, 5.74) is 3.51. The first kappa shape index (κ1) is 18.1. The number of carbonyl (C=O) groups excluding carboxylic acids is 1. The first-order valence-electron chi connectivity index (χ1n) is 7.72. The molecular formula is C18H16Cl3N3O. The Morgan fingerprint density at radius 3 is 2.40 bits per heavy atom. The van der Waals surface area contributed by atoms with Gasteiger partial charge in [0.05, 0.1) is 11.8 Å². The van der Waals surface area contributed by atoms with Crippen LogP contribution in [0.2, 0.25) is 5.02 Å². The largest absolute Gasteiger partial charge is 0.342 e. The quantitative estimate of drug-likeness (QED) is 0.688.